The number of carbonyl (C=O) groups is 2. The first-order chi connectivity index (χ1) is 12.4. The number of benzene rings is 1. The molecule has 0 aliphatic heterocycles. The zero-order valence-corrected chi connectivity index (χ0v) is 15.6. The van der Waals surface area contributed by atoms with Crippen LogP contribution in [-0.4, -0.2) is 38.0 Å². The van der Waals surface area contributed by atoms with Crippen molar-refractivity contribution < 1.29 is 23.1 Å². The number of sulfonamides is 1. The van der Waals surface area contributed by atoms with Gasteiger partial charge in [-0.1, -0.05) is 25.3 Å². The summed E-state index contributed by atoms with van der Waals surface area (Å²) in [6, 6.07) is 5.99. The third kappa shape index (κ3) is 6.42. The lowest BCUT2D eigenvalue weighted by Crippen LogP contribution is -2.33. The van der Waals surface area contributed by atoms with Gasteiger partial charge in [0.2, 0.25) is 10.0 Å². The van der Waals surface area contributed by atoms with Gasteiger partial charge in [0.25, 0.3) is 5.91 Å². The quantitative estimate of drug-likeness (QED) is 0.537. The molecule has 0 heterocycles. The fourth-order valence-corrected chi connectivity index (χ4v) is 4.37. The van der Waals surface area contributed by atoms with Crippen LogP contribution in [0.2, 0.25) is 0 Å². The van der Waals surface area contributed by atoms with Gasteiger partial charge in [0, 0.05) is 24.6 Å². The van der Waals surface area contributed by atoms with Crippen molar-refractivity contribution in [3.8, 4) is 0 Å². The van der Waals surface area contributed by atoms with E-state index in [4.69, 9.17) is 5.11 Å². The standard InChI is InChI=1S/C18H26N2O5S/c21-17(22)11-2-1-5-12-19-18(23)14-7-6-10-16(13-14)26(24,25)20-15-8-3-4-9-15/h6-7,10,13,15,20H,1-5,8-9,11-12H2,(H,19,23)(H,21,22). The normalized spacial score (nSPS) is 15.1. The van der Waals surface area contributed by atoms with Crippen molar-refractivity contribution in [1.82, 2.24) is 10.0 Å². The Bertz CT molecular complexity index is 727. The molecule has 7 nitrogen and oxygen atoms in total. The van der Waals surface area contributed by atoms with Crippen molar-refractivity contribution in [3.05, 3.63) is 29.8 Å². The molecule has 3 N–H and O–H groups in total. The molecule has 1 aliphatic carbocycles. The van der Waals surface area contributed by atoms with E-state index in [0.717, 1.165) is 25.7 Å². The van der Waals surface area contributed by atoms with E-state index in [1.807, 2.05) is 0 Å². The largest absolute Gasteiger partial charge is 0.481 e. The minimum absolute atomic E-state index is 0.0247. The van der Waals surface area contributed by atoms with Crippen LogP contribution < -0.4 is 10.0 Å². The van der Waals surface area contributed by atoms with Gasteiger partial charge in [-0.15, -0.1) is 0 Å². The van der Waals surface area contributed by atoms with E-state index in [0.29, 0.717) is 31.4 Å². The second-order valence-corrected chi connectivity index (χ2v) is 8.30. The molecule has 0 unspecified atom stereocenters. The molecule has 0 bridgehead atoms. The minimum Gasteiger partial charge on any atom is -0.481 e. The van der Waals surface area contributed by atoms with E-state index in [9.17, 15) is 18.0 Å². The van der Waals surface area contributed by atoms with Crippen molar-refractivity contribution in [1.29, 1.82) is 0 Å². The van der Waals surface area contributed by atoms with Gasteiger partial charge >= 0.3 is 5.97 Å². The van der Waals surface area contributed by atoms with Crippen LogP contribution in [0.25, 0.3) is 0 Å². The summed E-state index contributed by atoms with van der Waals surface area (Å²) in [5.41, 5.74) is 0.296. The maximum atomic E-state index is 12.5. The van der Waals surface area contributed by atoms with Crippen LogP contribution in [0.5, 0.6) is 0 Å². The Balaban J connectivity index is 1.87. The Kier molecular flexibility index (Phi) is 7.59. The third-order valence-corrected chi connectivity index (χ3v) is 5.95. The van der Waals surface area contributed by atoms with Gasteiger partial charge in [-0.25, -0.2) is 13.1 Å². The van der Waals surface area contributed by atoms with E-state index < -0.39 is 16.0 Å². The van der Waals surface area contributed by atoms with Gasteiger partial charge in [0.05, 0.1) is 4.90 Å². The fraction of sp³-hybridized carbons (Fsp3) is 0.556. The summed E-state index contributed by atoms with van der Waals surface area (Å²) in [5, 5.41) is 11.3. The number of carboxylic acid groups (broad SMARTS) is 1. The van der Waals surface area contributed by atoms with Gasteiger partial charge < -0.3 is 10.4 Å². The Morgan fingerprint density at radius 3 is 2.54 bits per heavy atom. The van der Waals surface area contributed by atoms with E-state index in [1.165, 1.54) is 12.1 Å². The fourth-order valence-electron chi connectivity index (χ4n) is 3.02. The predicted molar refractivity (Wildman–Crippen MR) is 97.5 cm³/mol. The van der Waals surface area contributed by atoms with Crippen molar-refractivity contribution in [2.24, 2.45) is 0 Å². The van der Waals surface area contributed by atoms with Gasteiger partial charge in [-0.05, 0) is 43.9 Å². The van der Waals surface area contributed by atoms with Crippen LogP contribution in [0, 0.1) is 0 Å². The molecule has 1 aliphatic rings. The van der Waals surface area contributed by atoms with Gasteiger partial charge in [0.15, 0.2) is 0 Å². The molecule has 1 aromatic carbocycles. The second-order valence-electron chi connectivity index (χ2n) is 6.59. The smallest absolute Gasteiger partial charge is 0.303 e. The summed E-state index contributed by atoms with van der Waals surface area (Å²) in [6.07, 6.45) is 5.85. The Morgan fingerprint density at radius 1 is 1.12 bits per heavy atom. The molecule has 144 valence electrons. The molecule has 0 aromatic heterocycles. The number of hydrogen-bond donors (Lipinski definition) is 3. The molecule has 0 radical (unpaired) electrons. The Labute approximate surface area is 154 Å². The SMILES string of the molecule is O=C(O)CCCCCNC(=O)c1cccc(S(=O)(=O)NC2CCCC2)c1. The molecule has 1 aromatic rings. The van der Waals surface area contributed by atoms with Gasteiger partial charge in [0.1, 0.15) is 0 Å². The monoisotopic (exact) mass is 382 g/mol. The van der Waals surface area contributed by atoms with Crippen LogP contribution in [0.3, 0.4) is 0 Å². The zero-order valence-electron chi connectivity index (χ0n) is 14.7. The van der Waals surface area contributed by atoms with Crippen molar-refractivity contribution >= 4 is 21.9 Å². The summed E-state index contributed by atoms with van der Waals surface area (Å²) in [7, 11) is -3.63. The van der Waals surface area contributed by atoms with Crippen molar-refractivity contribution in [2.75, 3.05) is 6.54 Å². The maximum Gasteiger partial charge on any atom is 0.303 e. The zero-order chi connectivity index (χ0) is 19.0. The number of amides is 1. The predicted octanol–water partition coefficient (Wildman–Crippen LogP) is 2.28. The molecule has 1 saturated carbocycles. The first kappa shape index (κ1) is 20.4. The van der Waals surface area contributed by atoms with Crippen LogP contribution >= 0.6 is 0 Å². The molecule has 0 spiro atoms. The van der Waals surface area contributed by atoms with Crippen molar-refractivity contribution in [2.45, 2.75) is 62.3 Å². The number of hydrogen-bond acceptors (Lipinski definition) is 4. The molecule has 1 fully saturated rings. The topological polar surface area (TPSA) is 113 Å². The average Bonchev–Trinajstić information content (AvgIpc) is 3.10. The highest BCUT2D eigenvalue weighted by molar-refractivity contribution is 7.89. The van der Waals surface area contributed by atoms with Crippen LogP contribution in [-0.2, 0) is 14.8 Å². The lowest BCUT2D eigenvalue weighted by Gasteiger charge is -2.13. The summed E-state index contributed by atoms with van der Waals surface area (Å²) >= 11 is 0. The summed E-state index contributed by atoms with van der Waals surface area (Å²) in [4.78, 5) is 22.7. The van der Waals surface area contributed by atoms with Crippen LogP contribution in [0.4, 0.5) is 0 Å². The lowest BCUT2D eigenvalue weighted by atomic mass is 10.2. The maximum absolute atomic E-state index is 12.5. The molecule has 0 saturated heterocycles. The highest BCUT2D eigenvalue weighted by atomic mass is 32.2. The summed E-state index contributed by atoms with van der Waals surface area (Å²) in [6.45, 7) is 0.426. The number of aliphatic carboxylic acids is 1. The minimum atomic E-state index is -3.63. The van der Waals surface area contributed by atoms with E-state index in [2.05, 4.69) is 10.0 Å². The molecule has 0 atom stereocenters. The third-order valence-electron chi connectivity index (χ3n) is 4.44. The summed E-state index contributed by atoms with van der Waals surface area (Å²) < 4.78 is 27.6. The Morgan fingerprint density at radius 2 is 1.85 bits per heavy atom. The number of carboxylic acids is 1. The molecule has 26 heavy (non-hydrogen) atoms. The summed E-state index contributed by atoms with van der Waals surface area (Å²) in [5.74, 6) is -1.15. The van der Waals surface area contributed by atoms with Crippen LogP contribution in [0.1, 0.15) is 61.7 Å². The first-order valence-electron chi connectivity index (χ1n) is 9.01. The second kappa shape index (κ2) is 9.68. The molecular weight excluding hydrogens is 356 g/mol. The average molecular weight is 382 g/mol. The van der Waals surface area contributed by atoms with E-state index in [-0.39, 0.29) is 23.3 Å². The molecule has 2 rings (SSSR count). The van der Waals surface area contributed by atoms with E-state index >= 15 is 0 Å². The van der Waals surface area contributed by atoms with Crippen molar-refractivity contribution in [3.63, 3.8) is 0 Å². The molecule has 8 heteroatoms. The highest BCUT2D eigenvalue weighted by Gasteiger charge is 2.23. The number of nitrogens with one attached hydrogen (secondary N) is 2. The Hall–Kier alpha value is -1.93. The lowest BCUT2D eigenvalue weighted by molar-refractivity contribution is -0.137. The van der Waals surface area contributed by atoms with Gasteiger partial charge in [-0.3, -0.25) is 9.59 Å². The van der Waals surface area contributed by atoms with Gasteiger partial charge in [-0.2, -0.15) is 0 Å². The number of unbranched alkanes of at least 4 members (excludes halogenated alkanes) is 2. The van der Waals surface area contributed by atoms with Crippen LogP contribution in [0.15, 0.2) is 29.2 Å². The molecular formula is C18H26N2O5S. The molecule has 1 amide bonds. The van der Waals surface area contributed by atoms with E-state index in [1.54, 1.807) is 12.1 Å². The first-order valence-corrected chi connectivity index (χ1v) is 10.5. The number of rotatable bonds is 10. The number of carbonyl (C=O) groups excluding carboxylic acids is 1. The highest BCUT2D eigenvalue weighted by Crippen LogP contribution is 2.20.